The molecule has 0 amide bonds. The van der Waals surface area contributed by atoms with E-state index in [1.54, 1.807) is 14.2 Å². The lowest BCUT2D eigenvalue weighted by atomic mass is 10.2. The van der Waals surface area contributed by atoms with Gasteiger partial charge in [-0.1, -0.05) is 13.8 Å². The van der Waals surface area contributed by atoms with Crippen molar-refractivity contribution in [3.8, 4) is 0 Å². The van der Waals surface area contributed by atoms with E-state index < -0.39 is 16.6 Å². The molecule has 0 aliphatic rings. The van der Waals surface area contributed by atoms with Gasteiger partial charge in [0.2, 0.25) is 0 Å². The summed E-state index contributed by atoms with van der Waals surface area (Å²) in [7, 11) is -0.147. The molecule has 7 nitrogen and oxygen atoms in total. The van der Waals surface area contributed by atoms with Crippen molar-refractivity contribution in [3.63, 3.8) is 0 Å². The minimum atomic E-state index is -1.75. The standard InChI is InChI=1S/C22H50O7Si2/c1-21(17-27-15-13-25-11-9-23-3)19-30(5,6)29-31(7,8)20-22(2)18-28-16-14-26-12-10-24-4/h21-22H,9-20H2,1-8H3. The number of hydrogen-bond donors (Lipinski definition) is 0. The lowest BCUT2D eigenvalue weighted by Crippen LogP contribution is -2.46. The van der Waals surface area contributed by atoms with Crippen molar-refractivity contribution in [3.05, 3.63) is 0 Å². The van der Waals surface area contributed by atoms with Crippen LogP contribution in [0.15, 0.2) is 0 Å². The van der Waals surface area contributed by atoms with Gasteiger partial charge in [0.1, 0.15) is 0 Å². The average molecular weight is 483 g/mol. The van der Waals surface area contributed by atoms with Crippen molar-refractivity contribution < 1.29 is 32.5 Å². The molecule has 0 bridgehead atoms. The Bertz CT molecular complexity index is 375. The van der Waals surface area contributed by atoms with Crippen LogP contribution in [-0.2, 0) is 32.5 Å². The molecule has 0 spiro atoms. The zero-order chi connectivity index (χ0) is 23.6. The summed E-state index contributed by atoms with van der Waals surface area (Å²) in [6.45, 7) is 20.4. The molecule has 0 aromatic heterocycles. The van der Waals surface area contributed by atoms with E-state index in [4.69, 9.17) is 32.5 Å². The maximum Gasteiger partial charge on any atom is 0.173 e. The SMILES string of the molecule is COCCOCCOCC(C)C[Si](C)(C)O[Si](C)(C)CC(C)COCCOCCOC. The first kappa shape index (κ1) is 31.2. The Balaban J connectivity index is 4.03. The number of hydrogen-bond acceptors (Lipinski definition) is 7. The fourth-order valence-electron chi connectivity index (χ4n) is 3.92. The Morgan fingerprint density at radius 3 is 1.19 bits per heavy atom. The van der Waals surface area contributed by atoms with Gasteiger partial charge in [0.25, 0.3) is 0 Å². The second-order valence-electron chi connectivity index (χ2n) is 9.60. The Morgan fingerprint density at radius 2 is 0.839 bits per heavy atom. The van der Waals surface area contributed by atoms with E-state index >= 15 is 0 Å². The van der Waals surface area contributed by atoms with Crippen LogP contribution in [0, 0.1) is 11.8 Å². The second kappa shape index (κ2) is 18.6. The van der Waals surface area contributed by atoms with Crippen LogP contribution in [0.2, 0.25) is 38.3 Å². The first-order chi connectivity index (χ1) is 14.6. The van der Waals surface area contributed by atoms with Crippen LogP contribution in [-0.4, -0.2) is 96.9 Å². The Morgan fingerprint density at radius 1 is 0.516 bits per heavy atom. The van der Waals surface area contributed by atoms with Gasteiger partial charge in [-0.05, 0) is 50.1 Å². The summed E-state index contributed by atoms with van der Waals surface area (Å²) in [6, 6.07) is 2.22. The highest BCUT2D eigenvalue weighted by Gasteiger charge is 2.35. The monoisotopic (exact) mass is 482 g/mol. The van der Waals surface area contributed by atoms with Crippen molar-refractivity contribution in [2.24, 2.45) is 11.8 Å². The summed E-state index contributed by atoms with van der Waals surface area (Å²) in [5, 5.41) is 0. The minimum Gasteiger partial charge on any atom is -0.455 e. The molecule has 0 radical (unpaired) electrons. The summed E-state index contributed by atoms with van der Waals surface area (Å²) in [6.07, 6.45) is 0. The van der Waals surface area contributed by atoms with E-state index in [0.29, 0.717) is 64.7 Å². The van der Waals surface area contributed by atoms with Gasteiger partial charge in [0.15, 0.2) is 16.6 Å². The molecule has 0 fully saturated rings. The van der Waals surface area contributed by atoms with Crippen molar-refractivity contribution in [2.75, 3.05) is 80.3 Å². The van der Waals surface area contributed by atoms with Gasteiger partial charge in [-0.25, -0.2) is 0 Å². The Kier molecular flexibility index (Phi) is 18.7. The fourth-order valence-corrected chi connectivity index (χ4v) is 14.2. The predicted molar refractivity (Wildman–Crippen MR) is 131 cm³/mol. The zero-order valence-corrected chi connectivity index (χ0v) is 23.5. The molecule has 0 heterocycles. The molecule has 0 rings (SSSR count). The van der Waals surface area contributed by atoms with Crippen molar-refractivity contribution in [1.29, 1.82) is 0 Å². The molecule has 31 heavy (non-hydrogen) atoms. The van der Waals surface area contributed by atoms with Crippen LogP contribution < -0.4 is 0 Å². The van der Waals surface area contributed by atoms with Crippen LogP contribution in [0.4, 0.5) is 0 Å². The first-order valence-electron chi connectivity index (χ1n) is 11.6. The Labute approximate surface area is 193 Å². The van der Waals surface area contributed by atoms with E-state index in [-0.39, 0.29) is 0 Å². The molecule has 188 valence electrons. The summed E-state index contributed by atoms with van der Waals surface area (Å²) in [5.74, 6) is 0.980. The summed E-state index contributed by atoms with van der Waals surface area (Å²) < 4.78 is 39.1. The highest BCUT2D eigenvalue weighted by Crippen LogP contribution is 2.27. The van der Waals surface area contributed by atoms with Crippen LogP contribution in [0.25, 0.3) is 0 Å². The van der Waals surface area contributed by atoms with Gasteiger partial charge >= 0.3 is 0 Å². The number of rotatable bonds is 22. The van der Waals surface area contributed by atoms with Gasteiger partial charge < -0.3 is 32.5 Å². The average Bonchev–Trinajstić information content (AvgIpc) is 2.64. The third kappa shape index (κ3) is 20.5. The molecule has 0 N–H and O–H groups in total. The fraction of sp³-hybridized carbons (Fsp3) is 1.00. The van der Waals surface area contributed by atoms with Crippen molar-refractivity contribution >= 4 is 16.6 Å². The topological polar surface area (TPSA) is 64.6 Å². The maximum absolute atomic E-state index is 6.80. The highest BCUT2D eigenvalue weighted by atomic mass is 28.4. The molecule has 9 heteroatoms. The number of ether oxygens (including phenoxy) is 6. The number of methoxy groups -OCH3 is 2. The predicted octanol–water partition coefficient (Wildman–Crippen LogP) is 4.04. The second-order valence-corrected chi connectivity index (χ2v) is 18.3. The molecule has 0 aliphatic heterocycles. The largest absolute Gasteiger partial charge is 0.455 e. The quantitative estimate of drug-likeness (QED) is 0.170. The van der Waals surface area contributed by atoms with Gasteiger partial charge in [-0.2, -0.15) is 0 Å². The lowest BCUT2D eigenvalue weighted by molar-refractivity contribution is 0.0180. The van der Waals surface area contributed by atoms with E-state index in [1.807, 2.05) is 0 Å². The van der Waals surface area contributed by atoms with Gasteiger partial charge in [-0.15, -0.1) is 0 Å². The Hall–Kier alpha value is 0.154. The molecular weight excluding hydrogens is 432 g/mol. The molecule has 0 aromatic carbocycles. The van der Waals surface area contributed by atoms with Crippen LogP contribution >= 0.6 is 0 Å². The highest BCUT2D eigenvalue weighted by molar-refractivity contribution is 6.84. The first-order valence-corrected chi connectivity index (χ1v) is 17.8. The molecular formula is C22H50O7Si2. The smallest absolute Gasteiger partial charge is 0.173 e. The van der Waals surface area contributed by atoms with E-state index in [9.17, 15) is 0 Å². The van der Waals surface area contributed by atoms with Gasteiger partial charge in [0.05, 0.1) is 52.9 Å². The zero-order valence-electron chi connectivity index (χ0n) is 21.5. The molecule has 2 unspecified atom stereocenters. The summed E-state index contributed by atoms with van der Waals surface area (Å²) >= 11 is 0. The van der Waals surface area contributed by atoms with Crippen LogP contribution in [0.5, 0.6) is 0 Å². The summed E-state index contributed by atoms with van der Waals surface area (Å²) in [5.41, 5.74) is 0. The molecule has 2 atom stereocenters. The lowest BCUT2D eigenvalue weighted by Gasteiger charge is -2.36. The normalized spacial score (nSPS) is 14.7. The van der Waals surface area contributed by atoms with Crippen LogP contribution in [0.1, 0.15) is 13.8 Å². The van der Waals surface area contributed by atoms with E-state index in [1.165, 1.54) is 0 Å². The molecule has 0 saturated carbocycles. The van der Waals surface area contributed by atoms with Gasteiger partial charge in [-0.3, -0.25) is 0 Å². The molecule has 0 aliphatic carbocycles. The maximum atomic E-state index is 6.80. The molecule has 0 saturated heterocycles. The van der Waals surface area contributed by atoms with Crippen LogP contribution in [0.3, 0.4) is 0 Å². The van der Waals surface area contributed by atoms with E-state index in [2.05, 4.69) is 40.0 Å². The van der Waals surface area contributed by atoms with Crippen molar-refractivity contribution in [1.82, 2.24) is 0 Å². The summed E-state index contributed by atoms with van der Waals surface area (Å²) in [4.78, 5) is 0. The molecule has 0 aromatic rings. The van der Waals surface area contributed by atoms with Crippen molar-refractivity contribution in [2.45, 2.75) is 52.1 Å². The third-order valence-electron chi connectivity index (χ3n) is 4.65. The van der Waals surface area contributed by atoms with Gasteiger partial charge in [0, 0.05) is 27.4 Å². The minimum absolute atomic E-state index is 0.490. The van der Waals surface area contributed by atoms with E-state index in [0.717, 1.165) is 25.3 Å². The third-order valence-corrected chi connectivity index (χ3v) is 12.4.